The summed E-state index contributed by atoms with van der Waals surface area (Å²) in [5.41, 5.74) is 0.890. The van der Waals surface area contributed by atoms with Crippen LogP contribution in [-0.4, -0.2) is 55.1 Å². The molecule has 0 aliphatic heterocycles. The van der Waals surface area contributed by atoms with Gasteiger partial charge in [-0.25, -0.2) is 0 Å². The number of aromatic nitrogens is 2. The van der Waals surface area contributed by atoms with Gasteiger partial charge in [0.25, 0.3) is 0 Å². The minimum Gasteiger partial charge on any atom is -0.498 e. The lowest BCUT2D eigenvalue weighted by Crippen LogP contribution is -2.27. The number of aromatic amines is 1. The Kier molecular flexibility index (Phi) is 8.12. The van der Waals surface area contributed by atoms with E-state index in [2.05, 4.69) is 34.3 Å². The molecule has 1 heterocycles. The van der Waals surface area contributed by atoms with E-state index in [1.54, 1.807) is 6.20 Å². The van der Waals surface area contributed by atoms with E-state index in [0.717, 1.165) is 31.1 Å². The smallest absolute Gasteiger partial charge is 0.416 e. The molecule has 0 aromatic carbocycles. The van der Waals surface area contributed by atoms with E-state index in [-0.39, 0.29) is 0 Å². The quantitative estimate of drug-likeness (QED) is 0.624. The Morgan fingerprint density at radius 2 is 2.14 bits per heavy atom. The second-order valence-electron chi connectivity index (χ2n) is 7.71. The van der Waals surface area contributed by atoms with E-state index >= 15 is 0 Å². The van der Waals surface area contributed by atoms with Gasteiger partial charge in [-0.3, -0.25) is 5.10 Å². The number of nitrogens with one attached hydrogen (secondary N) is 2. The number of hydrogen-bond donors (Lipinski definition) is 2. The highest BCUT2D eigenvalue weighted by Gasteiger charge is 2.36. The number of H-pyrrole nitrogens is 1. The first-order chi connectivity index (χ1) is 13.2. The number of alkyl halides is 3. The highest BCUT2D eigenvalue weighted by atomic mass is 19.4. The van der Waals surface area contributed by atoms with Crippen LogP contribution in [0.1, 0.15) is 43.9 Å². The molecule has 1 atom stereocenters. The maximum Gasteiger partial charge on any atom is 0.416 e. The summed E-state index contributed by atoms with van der Waals surface area (Å²) in [5, 5.41) is 10.2. The Bertz CT molecular complexity index is 679. The van der Waals surface area contributed by atoms with Crippen molar-refractivity contribution in [1.82, 2.24) is 20.4 Å². The van der Waals surface area contributed by atoms with Crippen molar-refractivity contribution in [3.8, 4) is 0 Å². The van der Waals surface area contributed by atoms with E-state index in [9.17, 15) is 13.2 Å². The van der Waals surface area contributed by atoms with Gasteiger partial charge in [0.15, 0.2) is 0 Å². The number of halogens is 3. The van der Waals surface area contributed by atoms with Crippen LogP contribution in [-0.2, 0) is 11.3 Å². The van der Waals surface area contributed by atoms with Crippen LogP contribution in [0.5, 0.6) is 0 Å². The van der Waals surface area contributed by atoms with Gasteiger partial charge in [-0.2, -0.15) is 18.3 Å². The number of hydrogen-bond acceptors (Lipinski definition) is 4. The summed E-state index contributed by atoms with van der Waals surface area (Å²) in [5.74, 6) is 0.344. The average Bonchev–Trinajstić information content (AvgIpc) is 3.06. The monoisotopic (exact) mass is 400 g/mol. The lowest BCUT2D eigenvalue weighted by Gasteiger charge is -2.24. The largest absolute Gasteiger partial charge is 0.498 e. The van der Waals surface area contributed by atoms with Crippen molar-refractivity contribution in [2.45, 2.75) is 45.3 Å². The Labute approximate surface area is 165 Å². The first-order valence-corrected chi connectivity index (χ1v) is 9.68. The third-order valence-electron chi connectivity index (χ3n) is 4.72. The van der Waals surface area contributed by atoms with Crippen molar-refractivity contribution >= 4 is 0 Å². The van der Waals surface area contributed by atoms with Gasteiger partial charge in [-0.05, 0) is 32.5 Å². The van der Waals surface area contributed by atoms with Crippen molar-refractivity contribution in [3.05, 3.63) is 40.9 Å². The normalized spacial score (nSPS) is 17.8. The molecule has 1 unspecified atom stereocenters. The fourth-order valence-electron chi connectivity index (χ4n) is 3.10. The number of nitrogens with zero attached hydrogens (tertiary/aromatic N) is 2. The van der Waals surface area contributed by atoms with E-state index in [1.807, 2.05) is 14.1 Å². The van der Waals surface area contributed by atoms with E-state index in [0.29, 0.717) is 36.9 Å². The molecule has 1 aromatic heterocycles. The Hall–Kier alpha value is -1.80. The van der Waals surface area contributed by atoms with Crippen LogP contribution in [0.15, 0.2) is 29.7 Å². The lowest BCUT2D eigenvalue weighted by molar-refractivity contribution is -0.0892. The first kappa shape index (κ1) is 22.5. The molecule has 0 saturated carbocycles. The molecule has 0 fully saturated rings. The molecule has 158 valence electrons. The van der Waals surface area contributed by atoms with Crippen molar-refractivity contribution in [1.29, 1.82) is 0 Å². The molecule has 0 amide bonds. The summed E-state index contributed by atoms with van der Waals surface area (Å²) in [6.45, 7) is 6.82. The van der Waals surface area contributed by atoms with Crippen LogP contribution < -0.4 is 5.32 Å². The van der Waals surface area contributed by atoms with Crippen LogP contribution in [0, 0.1) is 5.92 Å². The maximum atomic E-state index is 13.4. The molecule has 0 radical (unpaired) electrons. The number of allylic oxidation sites excluding steroid dienone is 4. The topological polar surface area (TPSA) is 53.2 Å². The lowest BCUT2D eigenvalue weighted by atomic mass is 9.90. The number of rotatable bonds is 10. The average molecular weight is 400 g/mol. The fourth-order valence-corrected chi connectivity index (χ4v) is 3.10. The van der Waals surface area contributed by atoms with Gasteiger partial charge in [-0.1, -0.05) is 19.9 Å². The molecule has 0 bridgehead atoms. The number of likely N-dealkylation sites (N-methyl/N-ethyl adjacent to an activating group) is 2. The third kappa shape index (κ3) is 6.67. The van der Waals surface area contributed by atoms with Crippen LogP contribution >= 0.6 is 0 Å². The summed E-state index contributed by atoms with van der Waals surface area (Å²) in [7, 11) is 3.86. The highest BCUT2D eigenvalue weighted by molar-refractivity contribution is 5.37. The predicted octanol–water partition coefficient (Wildman–Crippen LogP) is 3.98. The second-order valence-corrected chi connectivity index (χ2v) is 7.71. The fraction of sp³-hybridized carbons (Fsp3) is 0.650. The molecule has 1 aliphatic rings. The summed E-state index contributed by atoms with van der Waals surface area (Å²) in [6.07, 6.45) is 0.937. The maximum absolute atomic E-state index is 13.4. The zero-order valence-corrected chi connectivity index (χ0v) is 17.1. The van der Waals surface area contributed by atoms with Crippen LogP contribution in [0.4, 0.5) is 13.2 Å². The number of ether oxygens (including phenoxy) is 1. The summed E-state index contributed by atoms with van der Waals surface area (Å²) in [6, 6.07) is 0. The summed E-state index contributed by atoms with van der Waals surface area (Å²) < 4.78 is 45.9. The first-order valence-electron chi connectivity index (χ1n) is 9.68. The molecule has 2 rings (SSSR count). The second kappa shape index (κ2) is 10.1. The SMILES string of the molecule is CNCCN(C)Cc1c[nH]nc1C1C=C(C(F)(F)F)C=C(OCCC(C)C)C1. The van der Waals surface area contributed by atoms with Crippen LogP contribution in [0.3, 0.4) is 0 Å². The van der Waals surface area contributed by atoms with Gasteiger partial charge >= 0.3 is 6.18 Å². The van der Waals surface area contributed by atoms with Crippen molar-refractivity contribution in [3.63, 3.8) is 0 Å². The van der Waals surface area contributed by atoms with Crippen LogP contribution in [0.2, 0.25) is 0 Å². The predicted molar refractivity (Wildman–Crippen MR) is 104 cm³/mol. The Morgan fingerprint density at radius 1 is 1.39 bits per heavy atom. The molecule has 1 aromatic rings. The summed E-state index contributed by atoms with van der Waals surface area (Å²) in [4.78, 5) is 2.11. The van der Waals surface area contributed by atoms with E-state index in [1.165, 1.54) is 6.08 Å². The molecule has 1 aliphatic carbocycles. The van der Waals surface area contributed by atoms with Crippen molar-refractivity contribution in [2.75, 3.05) is 33.8 Å². The van der Waals surface area contributed by atoms with Gasteiger partial charge in [0.1, 0.15) is 0 Å². The minimum absolute atomic E-state index is 0.373. The van der Waals surface area contributed by atoms with Crippen LogP contribution in [0.25, 0.3) is 0 Å². The standard InChI is InChI=1S/C20H31F3N4O/c1-14(2)5-8-28-18-10-15(9-17(11-18)20(21,22)23)19-16(12-25-26-19)13-27(4)7-6-24-3/h9,11-12,14-15,24H,5-8,10,13H2,1-4H3,(H,25,26). The minimum atomic E-state index is -4.41. The molecule has 5 nitrogen and oxygen atoms in total. The molecule has 8 heteroatoms. The van der Waals surface area contributed by atoms with Gasteiger partial charge in [0, 0.05) is 43.7 Å². The zero-order valence-electron chi connectivity index (χ0n) is 17.1. The Balaban J connectivity index is 2.17. The van der Waals surface area contributed by atoms with E-state index < -0.39 is 17.7 Å². The molecule has 28 heavy (non-hydrogen) atoms. The van der Waals surface area contributed by atoms with Gasteiger partial charge in [0.05, 0.1) is 23.6 Å². The molecule has 0 saturated heterocycles. The summed E-state index contributed by atoms with van der Waals surface area (Å²) >= 11 is 0. The molecular weight excluding hydrogens is 369 g/mol. The van der Waals surface area contributed by atoms with Gasteiger partial charge in [-0.15, -0.1) is 0 Å². The molecular formula is C20H31F3N4O. The van der Waals surface area contributed by atoms with E-state index in [4.69, 9.17) is 4.74 Å². The Morgan fingerprint density at radius 3 is 2.79 bits per heavy atom. The van der Waals surface area contributed by atoms with Crippen molar-refractivity contribution < 1.29 is 17.9 Å². The third-order valence-corrected chi connectivity index (χ3v) is 4.72. The van der Waals surface area contributed by atoms with Gasteiger partial charge < -0.3 is 15.0 Å². The molecule has 2 N–H and O–H groups in total. The molecule has 0 spiro atoms. The highest BCUT2D eigenvalue weighted by Crippen LogP contribution is 2.38. The van der Waals surface area contributed by atoms with Crippen molar-refractivity contribution in [2.24, 2.45) is 5.92 Å². The van der Waals surface area contributed by atoms with Gasteiger partial charge in [0.2, 0.25) is 0 Å². The zero-order chi connectivity index (χ0) is 20.7.